The lowest BCUT2D eigenvalue weighted by Crippen LogP contribution is -2.33. The number of ether oxygens (including phenoxy) is 2. The molecule has 0 aromatic heterocycles. The van der Waals surface area contributed by atoms with Gasteiger partial charge in [0.15, 0.2) is 11.9 Å². The lowest BCUT2D eigenvalue weighted by Gasteiger charge is -2.31. The maximum atomic E-state index is 13.4. The topological polar surface area (TPSA) is 93.7 Å². The fourth-order valence-electron chi connectivity index (χ4n) is 4.59. The van der Waals surface area contributed by atoms with E-state index in [4.69, 9.17) is 21.1 Å². The fourth-order valence-corrected chi connectivity index (χ4v) is 4.76. The van der Waals surface area contributed by atoms with Crippen molar-refractivity contribution in [2.45, 2.75) is 91.1 Å². The molecule has 3 aromatic carbocycles. The van der Waals surface area contributed by atoms with E-state index in [0.29, 0.717) is 29.2 Å². The van der Waals surface area contributed by atoms with Crippen molar-refractivity contribution in [3.05, 3.63) is 82.4 Å². The molecule has 0 aliphatic rings. The molecule has 7 nitrogen and oxygen atoms in total. The quantitative estimate of drug-likeness (QED) is 0.139. The van der Waals surface area contributed by atoms with Gasteiger partial charge in [0, 0.05) is 16.8 Å². The van der Waals surface area contributed by atoms with Crippen molar-refractivity contribution in [1.29, 1.82) is 0 Å². The molecule has 0 bridgehead atoms. The van der Waals surface area contributed by atoms with Gasteiger partial charge in [-0.1, -0.05) is 72.2 Å². The highest BCUT2D eigenvalue weighted by Gasteiger charge is 2.29. The van der Waals surface area contributed by atoms with E-state index in [0.717, 1.165) is 18.4 Å². The minimum absolute atomic E-state index is 0.0172. The first-order valence-electron chi connectivity index (χ1n) is 15.1. The van der Waals surface area contributed by atoms with E-state index in [1.165, 1.54) is 12.7 Å². The molecule has 3 aromatic rings. The van der Waals surface area contributed by atoms with Gasteiger partial charge in [-0.15, -0.1) is 0 Å². The summed E-state index contributed by atoms with van der Waals surface area (Å²) in [6.45, 7) is 15.1. The highest BCUT2D eigenvalue weighted by atomic mass is 35.5. The summed E-state index contributed by atoms with van der Waals surface area (Å²) in [4.78, 5) is 38.7. The molecule has 3 rings (SSSR count). The number of Topliss-reactive ketones (excluding diaryl/α,β-unsaturated/α-hetero) is 1. The predicted molar refractivity (Wildman–Crippen MR) is 178 cm³/mol. The third kappa shape index (κ3) is 8.63. The predicted octanol–water partition coefficient (Wildman–Crippen LogP) is 8.73. The molecule has 0 saturated heterocycles. The number of carbonyl (C=O) groups is 3. The number of ketones is 1. The van der Waals surface area contributed by atoms with Gasteiger partial charge in [-0.2, -0.15) is 0 Å². The maximum absolute atomic E-state index is 13.4. The zero-order valence-corrected chi connectivity index (χ0v) is 27.9. The highest BCUT2D eigenvalue weighted by Crippen LogP contribution is 2.39. The molecule has 236 valence electrons. The van der Waals surface area contributed by atoms with E-state index in [2.05, 4.69) is 64.3 Å². The Balaban J connectivity index is 1.74. The number of rotatable bonds is 14. The number of carbonyl (C=O) groups excluding carboxylic acids is 3. The van der Waals surface area contributed by atoms with Crippen molar-refractivity contribution in [3.8, 4) is 11.5 Å². The Bertz CT molecular complexity index is 1480. The van der Waals surface area contributed by atoms with Crippen LogP contribution in [0.5, 0.6) is 11.5 Å². The zero-order chi connectivity index (χ0) is 32.7. The number of methoxy groups -OCH3 is 1. The number of hydrogen-bond acceptors (Lipinski definition) is 5. The highest BCUT2D eigenvalue weighted by molar-refractivity contribution is 6.34. The maximum Gasteiger partial charge on any atom is 0.265 e. The largest absolute Gasteiger partial charge is 0.497 e. The van der Waals surface area contributed by atoms with Gasteiger partial charge in [0.1, 0.15) is 11.5 Å². The van der Waals surface area contributed by atoms with Gasteiger partial charge in [0.05, 0.1) is 24.2 Å². The monoisotopic (exact) mass is 620 g/mol. The minimum Gasteiger partial charge on any atom is -0.497 e. The molecule has 0 heterocycles. The Morgan fingerprint density at radius 2 is 1.50 bits per heavy atom. The van der Waals surface area contributed by atoms with Crippen molar-refractivity contribution in [3.63, 3.8) is 0 Å². The number of nitrogens with one attached hydrogen (secondary N) is 2. The van der Waals surface area contributed by atoms with Gasteiger partial charge in [0.2, 0.25) is 5.91 Å². The Hall–Kier alpha value is -3.84. The van der Waals surface area contributed by atoms with Crippen LogP contribution in [0.15, 0.2) is 60.7 Å². The van der Waals surface area contributed by atoms with E-state index >= 15 is 0 Å². The van der Waals surface area contributed by atoms with Gasteiger partial charge in [-0.05, 0) is 84.2 Å². The van der Waals surface area contributed by atoms with E-state index in [9.17, 15) is 14.4 Å². The summed E-state index contributed by atoms with van der Waals surface area (Å²) in [5.74, 6) is 0.129. The summed E-state index contributed by atoms with van der Waals surface area (Å²) in [7, 11) is 1.54. The fraction of sp³-hybridized carbons (Fsp3) is 0.417. The second kappa shape index (κ2) is 14.8. The smallest absolute Gasteiger partial charge is 0.265 e. The van der Waals surface area contributed by atoms with Gasteiger partial charge in [-0.3, -0.25) is 14.4 Å². The average Bonchev–Trinajstić information content (AvgIpc) is 3.01. The molecule has 2 N–H and O–H groups in total. The molecule has 2 amide bonds. The van der Waals surface area contributed by atoms with Gasteiger partial charge < -0.3 is 20.1 Å². The number of amides is 2. The molecule has 1 unspecified atom stereocenters. The molecular weight excluding hydrogens is 576 g/mol. The van der Waals surface area contributed by atoms with Crippen LogP contribution in [0, 0.1) is 0 Å². The van der Waals surface area contributed by atoms with Crippen molar-refractivity contribution >= 4 is 40.6 Å². The molecule has 8 heteroatoms. The van der Waals surface area contributed by atoms with Gasteiger partial charge in [-0.25, -0.2) is 0 Å². The third-order valence-electron chi connectivity index (χ3n) is 8.43. The van der Waals surface area contributed by atoms with E-state index in [-0.39, 0.29) is 39.7 Å². The normalized spacial score (nSPS) is 12.3. The molecule has 0 saturated carbocycles. The Labute approximate surface area is 266 Å². The first kappa shape index (κ1) is 34.6. The number of hydrogen-bond donors (Lipinski definition) is 2. The molecule has 0 aliphatic heterocycles. The van der Waals surface area contributed by atoms with Crippen LogP contribution in [-0.2, 0) is 20.4 Å². The molecule has 0 spiro atoms. The van der Waals surface area contributed by atoms with Crippen LogP contribution in [-0.4, -0.2) is 30.8 Å². The first-order chi connectivity index (χ1) is 20.7. The van der Waals surface area contributed by atoms with E-state index < -0.39 is 12.0 Å². The second-order valence-corrected chi connectivity index (χ2v) is 12.7. The number of benzene rings is 3. The van der Waals surface area contributed by atoms with Crippen molar-refractivity contribution < 1.29 is 23.9 Å². The van der Waals surface area contributed by atoms with Gasteiger partial charge in [0.25, 0.3) is 5.91 Å². The number of halogens is 1. The van der Waals surface area contributed by atoms with Crippen LogP contribution in [0.25, 0.3) is 0 Å². The van der Waals surface area contributed by atoms with Crippen LogP contribution in [0.2, 0.25) is 5.02 Å². The lowest BCUT2D eigenvalue weighted by molar-refractivity contribution is -0.123. The molecule has 1 atom stereocenters. The van der Waals surface area contributed by atoms with Crippen molar-refractivity contribution in [2.24, 2.45) is 0 Å². The van der Waals surface area contributed by atoms with Crippen LogP contribution in [0.1, 0.15) is 95.6 Å². The summed E-state index contributed by atoms with van der Waals surface area (Å²) < 4.78 is 11.5. The van der Waals surface area contributed by atoms with Crippen molar-refractivity contribution in [2.75, 3.05) is 17.7 Å². The van der Waals surface area contributed by atoms with Crippen LogP contribution in [0.4, 0.5) is 11.4 Å². The third-order valence-corrected chi connectivity index (χ3v) is 8.76. The lowest BCUT2D eigenvalue weighted by atomic mass is 9.76. The van der Waals surface area contributed by atoms with Crippen LogP contribution < -0.4 is 20.1 Å². The summed E-state index contributed by atoms with van der Waals surface area (Å²) >= 11 is 6.34. The van der Waals surface area contributed by atoms with Crippen molar-refractivity contribution in [1.82, 2.24) is 0 Å². The second-order valence-electron chi connectivity index (χ2n) is 12.3. The Kier molecular flexibility index (Phi) is 11.6. The van der Waals surface area contributed by atoms with E-state index in [1.807, 2.05) is 13.0 Å². The standard InChI is InChI=1S/C36H45ClN2O5/c1-9-31(44-32-19-14-24(35(4,5)10-2)20-27(32)36(6,7)11-3)34(42)38-25-15-18-28(37)29(21-25)39-33(41)22-30(40)23-12-16-26(43-8)17-13-23/h12-21,31H,9-11,22H2,1-8H3,(H,38,42)(H,39,41). The summed E-state index contributed by atoms with van der Waals surface area (Å²) in [5, 5.41) is 5.86. The van der Waals surface area contributed by atoms with E-state index in [1.54, 1.807) is 42.5 Å². The molecule has 0 radical (unpaired) electrons. The summed E-state index contributed by atoms with van der Waals surface area (Å²) in [6.07, 6.45) is 1.25. The number of anilines is 2. The molecule has 44 heavy (non-hydrogen) atoms. The first-order valence-corrected chi connectivity index (χ1v) is 15.5. The molecule has 0 fully saturated rings. The SMILES string of the molecule is CCC(Oc1ccc(C(C)(C)CC)cc1C(C)(C)CC)C(=O)Nc1ccc(Cl)c(NC(=O)CC(=O)c2ccc(OC)cc2)c1. The molecule has 0 aliphatic carbocycles. The van der Waals surface area contributed by atoms with Crippen LogP contribution >= 0.6 is 11.6 Å². The minimum atomic E-state index is -0.748. The molecular formula is C36H45ClN2O5. The Morgan fingerprint density at radius 3 is 2.09 bits per heavy atom. The van der Waals surface area contributed by atoms with Gasteiger partial charge >= 0.3 is 0 Å². The summed E-state index contributed by atoms with van der Waals surface area (Å²) in [6, 6.07) is 17.6. The van der Waals surface area contributed by atoms with Crippen LogP contribution in [0.3, 0.4) is 0 Å². The average molecular weight is 621 g/mol. The Morgan fingerprint density at radius 1 is 0.841 bits per heavy atom. The summed E-state index contributed by atoms with van der Waals surface area (Å²) in [5.41, 5.74) is 3.30. The zero-order valence-electron chi connectivity index (χ0n) is 27.1.